The van der Waals surface area contributed by atoms with Gasteiger partial charge in [-0.25, -0.2) is 0 Å². The molecule has 1 heterocycles. The number of nitro benzene ring substituents is 1. The molecule has 0 amide bonds. The van der Waals surface area contributed by atoms with Gasteiger partial charge in [0.1, 0.15) is 12.0 Å². The fourth-order valence-corrected chi connectivity index (χ4v) is 3.85. The summed E-state index contributed by atoms with van der Waals surface area (Å²) in [5.74, 6) is 0. The Labute approximate surface area is 163 Å². The van der Waals surface area contributed by atoms with E-state index in [1.165, 1.54) is 22.4 Å². The van der Waals surface area contributed by atoms with Crippen LogP contribution in [0.5, 0.6) is 0 Å². The number of rotatable bonds is 5. The standard InChI is InChI=1S/C22H21N3O3/c26-16-17-8-9-21(22(14-17)25(27)28)24-12-10-23(11-13-24)15-19-6-3-5-18-4-1-2-7-20(18)19/h1-9,14,16H,10-13,15H2. The van der Waals surface area contributed by atoms with Crippen molar-refractivity contribution in [3.8, 4) is 0 Å². The van der Waals surface area contributed by atoms with E-state index in [4.69, 9.17) is 0 Å². The molecule has 0 spiro atoms. The SMILES string of the molecule is O=Cc1ccc(N2CCN(Cc3cccc4ccccc34)CC2)c([N+](=O)[O-])c1. The van der Waals surface area contributed by atoms with E-state index >= 15 is 0 Å². The molecular formula is C22H21N3O3. The summed E-state index contributed by atoms with van der Waals surface area (Å²) in [5.41, 5.74) is 2.20. The van der Waals surface area contributed by atoms with Crippen LogP contribution in [0.4, 0.5) is 11.4 Å². The maximum Gasteiger partial charge on any atom is 0.293 e. The number of fused-ring (bicyclic) bond motifs is 1. The molecule has 142 valence electrons. The molecule has 3 aromatic carbocycles. The first-order valence-electron chi connectivity index (χ1n) is 9.33. The van der Waals surface area contributed by atoms with Gasteiger partial charge in [-0.3, -0.25) is 19.8 Å². The Morgan fingerprint density at radius 3 is 2.46 bits per heavy atom. The molecule has 28 heavy (non-hydrogen) atoms. The molecule has 0 radical (unpaired) electrons. The Morgan fingerprint density at radius 2 is 1.71 bits per heavy atom. The van der Waals surface area contributed by atoms with Crippen molar-refractivity contribution in [3.05, 3.63) is 81.9 Å². The van der Waals surface area contributed by atoms with E-state index in [0.717, 1.165) is 19.6 Å². The van der Waals surface area contributed by atoms with Gasteiger partial charge in [0.2, 0.25) is 0 Å². The zero-order valence-corrected chi connectivity index (χ0v) is 15.5. The van der Waals surface area contributed by atoms with Crippen LogP contribution in [0.15, 0.2) is 60.7 Å². The second kappa shape index (κ2) is 7.78. The summed E-state index contributed by atoms with van der Waals surface area (Å²) in [6.07, 6.45) is 0.638. The van der Waals surface area contributed by atoms with Crippen LogP contribution in [0.2, 0.25) is 0 Å². The molecule has 0 aliphatic carbocycles. The Hall–Kier alpha value is -3.25. The highest BCUT2D eigenvalue weighted by Gasteiger charge is 2.24. The van der Waals surface area contributed by atoms with Gasteiger partial charge in [-0.1, -0.05) is 42.5 Å². The monoisotopic (exact) mass is 375 g/mol. The van der Waals surface area contributed by atoms with Gasteiger partial charge >= 0.3 is 0 Å². The summed E-state index contributed by atoms with van der Waals surface area (Å²) in [5, 5.41) is 13.9. The Bertz CT molecular complexity index is 1020. The molecule has 0 N–H and O–H groups in total. The number of hydrogen-bond donors (Lipinski definition) is 0. The topological polar surface area (TPSA) is 66.7 Å². The molecule has 0 bridgehead atoms. The second-order valence-electron chi connectivity index (χ2n) is 7.02. The van der Waals surface area contributed by atoms with Gasteiger partial charge in [0.15, 0.2) is 0 Å². The number of hydrogen-bond acceptors (Lipinski definition) is 5. The second-order valence-corrected chi connectivity index (χ2v) is 7.02. The van der Waals surface area contributed by atoms with E-state index in [1.54, 1.807) is 12.1 Å². The average Bonchev–Trinajstić information content (AvgIpc) is 2.74. The van der Waals surface area contributed by atoms with Crippen LogP contribution in [0, 0.1) is 10.1 Å². The zero-order valence-electron chi connectivity index (χ0n) is 15.5. The first-order valence-corrected chi connectivity index (χ1v) is 9.33. The van der Waals surface area contributed by atoms with E-state index in [2.05, 4.69) is 41.3 Å². The van der Waals surface area contributed by atoms with Crippen LogP contribution in [0.25, 0.3) is 10.8 Å². The van der Waals surface area contributed by atoms with Crippen LogP contribution >= 0.6 is 0 Å². The highest BCUT2D eigenvalue weighted by Crippen LogP contribution is 2.30. The van der Waals surface area contributed by atoms with Crippen molar-refractivity contribution in [2.75, 3.05) is 31.1 Å². The van der Waals surface area contributed by atoms with Crippen molar-refractivity contribution >= 4 is 28.4 Å². The quantitative estimate of drug-likeness (QED) is 0.385. The number of carbonyl (C=O) groups excluding carboxylic acids is 1. The molecule has 0 saturated carbocycles. The summed E-state index contributed by atoms with van der Waals surface area (Å²) >= 11 is 0. The predicted octanol–water partition coefficient (Wildman–Crippen LogP) is 3.88. The molecule has 4 rings (SSSR count). The smallest absolute Gasteiger partial charge is 0.293 e. The first kappa shape index (κ1) is 18.1. The summed E-state index contributed by atoms with van der Waals surface area (Å²) in [6, 6.07) is 19.4. The highest BCUT2D eigenvalue weighted by atomic mass is 16.6. The number of piperazine rings is 1. The minimum atomic E-state index is -0.412. The number of benzene rings is 3. The van der Waals surface area contributed by atoms with E-state index in [0.29, 0.717) is 30.6 Å². The molecule has 0 aromatic heterocycles. The summed E-state index contributed by atoms with van der Waals surface area (Å²) < 4.78 is 0. The van der Waals surface area contributed by atoms with Crippen LogP contribution in [-0.2, 0) is 6.54 Å². The van der Waals surface area contributed by atoms with Gasteiger partial charge in [0, 0.05) is 44.4 Å². The molecule has 6 heteroatoms. The number of nitrogens with zero attached hydrogens (tertiary/aromatic N) is 3. The summed E-state index contributed by atoms with van der Waals surface area (Å²) in [6.45, 7) is 3.95. The molecule has 1 aliphatic heterocycles. The molecule has 0 unspecified atom stereocenters. The van der Waals surface area contributed by atoms with Crippen molar-refractivity contribution in [3.63, 3.8) is 0 Å². The fourth-order valence-electron chi connectivity index (χ4n) is 3.85. The lowest BCUT2D eigenvalue weighted by Gasteiger charge is -2.36. The minimum Gasteiger partial charge on any atom is -0.363 e. The maximum absolute atomic E-state index is 11.4. The molecule has 0 atom stereocenters. The Balaban J connectivity index is 1.48. The number of anilines is 1. The van der Waals surface area contributed by atoms with Crippen LogP contribution < -0.4 is 4.90 Å². The molecule has 6 nitrogen and oxygen atoms in total. The van der Waals surface area contributed by atoms with E-state index in [-0.39, 0.29) is 5.69 Å². The Kier molecular flexibility index (Phi) is 5.04. The lowest BCUT2D eigenvalue weighted by Crippen LogP contribution is -2.46. The minimum absolute atomic E-state index is 0.00731. The molecular weight excluding hydrogens is 354 g/mol. The van der Waals surface area contributed by atoms with Gasteiger partial charge in [-0.2, -0.15) is 0 Å². The van der Waals surface area contributed by atoms with E-state index in [1.807, 2.05) is 11.0 Å². The normalized spacial score (nSPS) is 14.9. The number of nitro groups is 1. The maximum atomic E-state index is 11.4. The third kappa shape index (κ3) is 3.59. The van der Waals surface area contributed by atoms with E-state index in [9.17, 15) is 14.9 Å². The van der Waals surface area contributed by atoms with Crippen LogP contribution in [0.1, 0.15) is 15.9 Å². The number of aldehydes is 1. The highest BCUT2D eigenvalue weighted by molar-refractivity contribution is 5.85. The van der Waals surface area contributed by atoms with Crippen molar-refractivity contribution in [1.29, 1.82) is 0 Å². The first-order chi connectivity index (χ1) is 13.7. The largest absolute Gasteiger partial charge is 0.363 e. The molecule has 1 saturated heterocycles. The summed E-state index contributed by atoms with van der Waals surface area (Å²) in [7, 11) is 0. The summed E-state index contributed by atoms with van der Waals surface area (Å²) in [4.78, 5) is 26.4. The van der Waals surface area contributed by atoms with Crippen molar-refractivity contribution in [1.82, 2.24) is 4.90 Å². The number of carbonyl (C=O) groups is 1. The lowest BCUT2D eigenvalue weighted by molar-refractivity contribution is -0.384. The van der Waals surface area contributed by atoms with Gasteiger partial charge in [0.25, 0.3) is 5.69 Å². The third-order valence-corrected chi connectivity index (χ3v) is 5.32. The van der Waals surface area contributed by atoms with Gasteiger partial charge in [-0.15, -0.1) is 0 Å². The molecule has 1 fully saturated rings. The van der Waals surface area contributed by atoms with E-state index < -0.39 is 4.92 Å². The van der Waals surface area contributed by atoms with Gasteiger partial charge in [-0.05, 0) is 28.5 Å². The van der Waals surface area contributed by atoms with Crippen LogP contribution in [0.3, 0.4) is 0 Å². The average molecular weight is 375 g/mol. The van der Waals surface area contributed by atoms with Gasteiger partial charge in [0.05, 0.1) is 4.92 Å². The molecule has 1 aliphatic rings. The third-order valence-electron chi connectivity index (χ3n) is 5.32. The fraction of sp³-hybridized carbons (Fsp3) is 0.227. The molecule has 3 aromatic rings. The lowest BCUT2D eigenvalue weighted by atomic mass is 10.0. The van der Waals surface area contributed by atoms with Gasteiger partial charge < -0.3 is 4.90 Å². The van der Waals surface area contributed by atoms with Crippen LogP contribution in [-0.4, -0.2) is 42.3 Å². The van der Waals surface area contributed by atoms with Crippen molar-refractivity contribution < 1.29 is 9.72 Å². The predicted molar refractivity (Wildman–Crippen MR) is 110 cm³/mol. The van der Waals surface area contributed by atoms with Crippen molar-refractivity contribution in [2.45, 2.75) is 6.54 Å². The zero-order chi connectivity index (χ0) is 19.5. The van der Waals surface area contributed by atoms with Crippen molar-refractivity contribution in [2.24, 2.45) is 0 Å². The Morgan fingerprint density at radius 1 is 0.964 bits per heavy atom.